The summed E-state index contributed by atoms with van der Waals surface area (Å²) < 4.78 is 7.26. The number of ether oxygens (including phenoxy) is 1. The van der Waals surface area contributed by atoms with Crippen LogP contribution in [0.3, 0.4) is 0 Å². The highest BCUT2D eigenvalue weighted by atomic mass is 16.5. The zero-order valence-electron chi connectivity index (χ0n) is 13.9. The molecule has 2 heterocycles. The minimum absolute atomic E-state index is 0.0570. The van der Waals surface area contributed by atoms with E-state index < -0.39 is 0 Å². The maximum atomic E-state index is 12.4. The first kappa shape index (κ1) is 15.7. The van der Waals surface area contributed by atoms with E-state index in [4.69, 9.17) is 10.00 Å². The average Bonchev–Trinajstić information content (AvgIpc) is 2.97. The van der Waals surface area contributed by atoms with E-state index >= 15 is 0 Å². The molecule has 4 rings (SSSR count). The average molecular weight is 333 g/mol. The number of H-pyrrole nitrogens is 1. The fourth-order valence-corrected chi connectivity index (χ4v) is 3.44. The summed E-state index contributed by atoms with van der Waals surface area (Å²) in [6, 6.07) is 15.6. The van der Waals surface area contributed by atoms with Gasteiger partial charge in [0.15, 0.2) is 0 Å². The summed E-state index contributed by atoms with van der Waals surface area (Å²) >= 11 is 0. The lowest BCUT2D eigenvalue weighted by Gasteiger charge is -2.22. The predicted octanol–water partition coefficient (Wildman–Crippen LogP) is 3.29. The normalized spacial score (nSPS) is 15.3. The largest absolute Gasteiger partial charge is 0.381 e. The van der Waals surface area contributed by atoms with E-state index in [1.165, 1.54) is 0 Å². The van der Waals surface area contributed by atoms with E-state index in [1.54, 1.807) is 0 Å². The van der Waals surface area contributed by atoms with Crippen LogP contribution < -0.4 is 5.69 Å². The summed E-state index contributed by atoms with van der Waals surface area (Å²) in [4.78, 5) is 15.3. The van der Waals surface area contributed by atoms with Gasteiger partial charge < -0.3 is 9.72 Å². The summed E-state index contributed by atoms with van der Waals surface area (Å²) in [6.07, 6.45) is 1.99. The number of hydrogen-bond acceptors (Lipinski definition) is 3. The van der Waals surface area contributed by atoms with Crippen LogP contribution in [0.4, 0.5) is 0 Å². The van der Waals surface area contributed by atoms with Gasteiger partial charge in [-0.1, -0.05) is 18.2 Å². The van der Waals surface area contributed by atoms with Crippen molar-refractivity contribution in [2.75, 3.05) is 13.2 Å². The molecule has 3 aromatic rings. The van der Waals surface area contributed by atoms with Crippen molar-refractivity contribution in [1.82, 2.24) is 9.55 Å². The Kier molecular flexibility index (Phi) is 4.12. The summed E-state index contributed by atoms with van der Waals surface area (Å²) in [5.74, 6) is 0.476. The van der Waals surface area contributed by atoms with E-state index in [2.05, 4.69) is 11.1 Å². The number of benzene rings is 2. The standard InChI is InChI=1S/C20H19N3O2/c21-12-14-1-3-16(4-2-14)17-5-6-18-19(11-17)23(20(24)22-18)13-15-7-9-25-10-8-15/h1-6,11,15H,7-10,13H2,(H,22,24). The molecule has 1 saturated heterocycles. The van der Waals surface area contributed by atoms with Gasteiger partial charge in [0.1, 0.15) is 0 Å². The fraction of sp³-hybridized carbons (Fsp3) is 0.300. The van der Waals surface area contributed by atoms with Crippen LogP contribution in [0.1, 0.15) is 18.4 Å². The molecule has 0 atom stereocenters. The van der Waals surface area contributed by atoms with Crippen molar-refractivity contribution in [2.24, 2.45) is 5.92 Å². The van der Waals surface area contributed by atoms with Crippen LogP contribution in [-0.4, -0.2) is 22.8 Å². The molecule has 5 heteroatoms. The number of aromatic amines is 1. The number of hydrogen-bond donors (Lipinski definition) is 1. The van der Waals surface area contributed by atoms with Crippen molar-refractivity contribution in [3.8, 4) is 17.2 Å². The molecule has 1 N–H and O–H groups in total. The maximum absolute atomic E-state index is 12.4. The molecule has 5 nitrogen and oxygen atoms in total. The summed E-state index contributed by atoms with van der Waals surface area (Å²) in [5, 5.41) is 8.93. The van der Waals surface area contributed by atoms with Crippen LogP contribution >= 0.6 is 0 Å². The molecule has 2 aromatic carbocycles. The Balaban J connectivity index is 1.72. The van der Waals surface area contributed by atoms with E-state index in [9.17, 15) is 4.79 Å². The van der Waals surface area contributed by atoms with Gasteiger partial charge in [-0.25, -0.2) is 4.79 Å². The Morgan fingerprint density at radius 3 is 2.56 bits per heavy atom. The first-order valence-corrected chi connectivity index (χ1v) is 8.55. The number of imidazole rings is 1. The van der Waals surface area contributed by atoms with Crippen molar-refractivity contribution >= 4 is 11.0 Å². The Morgan fingerprint density at radius 2 is 1.84 bits per heavy atom. The number of nitriles is 1. The molecule has 0 unspecified atom stereocenters. The lowest BCUT2D eigenvalue weighted by Crippen LogP contribution is -2.25. The van der Waals surface area contributed by atoms with Crippen LogP contribution in [0, 0.1) is 17.2 Å². The van der Waals surface area contributed by atoms with Gasteiger partial charge in [0.05, 0.1) is 22.7 Å². The minimum atomic E-state index is -0.0570. The number of nitrogens with zero attached hydrogens (tertiary/aromatic N) is 2. The first-order valence-electron chi connectivity index (χ1n) is 8.55. The van der Waals surface area contributed by atoms with E-state index in [1.807, 2.05) is 47.0 Å². The first-order chi connectivity index (χ1) is 12.2. The van der Waals surface area contributed by atoms with Gasteiger partial charge in [-0.15, -0.1) is 0 Å². The molecule has 1 aliphatic heterocycles. The Bertz CT molecular complexity index is 986. The number of aromatic nitrogens is 2. The zero-order chi connectivity index (χ0) is 17.2. The van der Waals surface area contributed by atoms with Gasteiger partial charge in [0.2, 0.25) is 0 Å². The molecule has 1 aliphatic rings. The SMILES string of the molecule is N#Cc1ccc(-c2ccc3[nH]c(=O)n(CC4CCOCC4)c3c2)cc1. The van der Waals surface area contributed by atoms with Gasteiger partial charge in [-0.3, -0.25) is 4.57 Å². The highest BCUT2D eigenvalue weighted by molar-refractivity contribution is 5.82. The molecule has 0 amide bonds. The number of rotatable bonds is 3. The van der Waals surface area contributed by atoms with Crippen LogP contribution in [0.2, 0.25) is 0 Å². The third kappa shape index (κ3) is 3.09. The lowest BCUT2D eigenvalue weighted by molar-refractivity contribution is 0.0613. The van der Waals surface area contributed by atoms with Gasteiger partial charge in [-0.05, 0) is 54.2 Å². The lowest BCUT2D eigenvalue weighted by atomic mass is 10.00. The van der Waals surface area contributed by atoms with Crippen molar-refractivity contribution in [3.05, 3.63) is 58.5 Å². The molecular formula is C20H19N3O2. The van der Waals surface area contributed by atoms with Gasteiger partial charge in [0.25, 0.3) is 0 Å². The Morgan fingerprint density at radius 1 is 1.12 bits per heavy atom. The zero-order valence-corrected chi connectivity index (χ0v) is 13.9. The quantitative estimate of drug-likeness (QED) is 0.799. The highest BCUT2D eigenvalue weighted by Crippen LogP contribution is 2.25. The van der Waals surface area contributed by atoms with E-state index in [-0.39, 0.29) is 5.69 Å². The summed E-state index contributed by atoms with van der Waals surface area (Å²) in [6.45, 7) is 2.27. The second kappa shape index (κ2) is 6.58. The molecular weight excluding hydrogens is 314 g/mol. The third-order valence-electron chi connectivity index (χ3n) is 4.90. The second-order valence-corrected chi connectivity index (χ2v) is 6.52. The van der Waals surface area contributed by atoms with Crippen LogP contribution in [0.25, 0.3) is 22.2 Å². The molecule has 126 valence electrons. The number of nitrogens with one attached hydrogen (secondary N) is 1. The third-order valence-corrected chi connectivity index (χ3v) is 4.90. The summed E-state index contributed by atoms with van der Waals surface area (Å²) in [5.41, 5.74) is 4.44. The van der Waals surface area contributed by atoms with Gasteiger partial charge >= 0.3 is 5.69 Å². The Hall–Kier alpha value is -2.84. The van der Waals surface area contributed by atoms with Crippen molar-refractivity contribution in [3.63, 3.8) is 0 Å². The molecule has 25 heavy (non-hydrogen) atoms. The van der Waals surface area contributed by atoms with Crippen LogP contribution in [0.5, 0.6) is 0 Å². The molecule has 0 bridgehead atoms. The van der Waals surface area contributed by atoms with Crippen LogP contribution in [0.15, 0.2) is 47.3 Å². The monoisotopic (exact) mass is 333 g/mol. The van der Waals surface area contributed by atoms with Gasteiger partial charge in [0, 0.05) is 19.8 Å². The molecule has 1 aromatic heterocycles. The predicted molar refractivity (Wildman–Crippen MR) is 96.3 cm³/mol. The van der Waals surface area contributed by atoms with Crippen molar-refractivity contribution < 1.29 is 4.74 Å². The number of fused-ring (bicyclic) bond motifs is 1. The van der Waals surface area contributed by atoms with Gasteiger partial charge in [-0.2, -0.15) is 5.26 Å². The second-order valence-electron chi connectivity index (χ2n) is 6.52. The molecule has 1 fully saturated rings. The van der Waals surface area contributed by atoms with Crippen molar-refractivity contribution in [1.29, 1.82) is 5.26 Å². The van der Waals surface area contributed by atoms with Crippen LogP contribution in [-0.2, 0) is 11.3 Å². The molecule has 0 saturated carbocycles. The summed E-state index contributed by atoms with van der Waals surface area (Å²) in [7, 11) is 0. The Labute approximate surface area is 145 Å². The van der Waals surface area contributed by atoms with E-state index in [0.717, 1.165) is 54.8 Å². The molecule has 0 radical (unpaired) electrons. The highest BCUT2D eigenvalue weighted by Gasteiger charge is 2.17. The minimum Gasteiger partial charge on any atom is -0.381 e. The smallest absolute Gasteiger partial charge is 0.326 e. The molecule has 0 spiro atoms. The maximum Gasteiger partial charge on any atom is 0.326 e. The van der Waals surface area contributed by atoms with Crippen molar-refractivity contribution in [2.45, 2.75) is 19.4 Å². The van der Waals surface area contributed by atoms with E-state index in [0.29, 0.717) is 11.5 Å². The topological polar surface area (TPSA) is 70.8 Å². The molecule has 0 aliphatic carbocycles. The fourth-order valence-electron chi connectivity index (χ4n) is 3.44.